The molecule has 0 unspecified atom stereocenters. The Morgan fingerprint density at radius 1 is 0.875 bits per heavy atom. The monoisotopic (exact) mass is 319 g/mol. The summed E-state index contributed by atoms with van der Waals surface area (Å²) >= 11 is 0. The van der Waals surface area contributed by atoms with Gasteiger partial charge in [-0.15, -0.1) is 0 Å². The number of nitrogens with one attached hydrogen (secondary N) is 2. The quantitative estimate of drug-likeness (QED) is 0.675. The first-order valence-electron chi connectivity index (χ1n) is 7.54. The number of hydrogen-bond donors (Lipinski definition) is 3. The minimum absolute atomic E-state index is 0.371. The van der Waals surface area contributed by atoms with E-state index in [0.717, 1.165) is 11.3 Å². The molecule has 3 aromatic rings. The topological polar surface area (TPSA) is 88.0 Å². The molecular weight excluding hydrogens is 302 g/mol. The van der Waals surface area contributed by atoms with Crippen LogP contribution in [0.1, 0.15) is 22.1 Å². The van der Waals surface area contributed by atoms with Crippen LogP contribution < -0.4 is 11.1 Å². The van der Waals surface area contributed by atoms with Crippen LogP contribution in [0, 0.1) is 0 Å². The van der Waals surface area contributed by atoms with Gasteiger partial charge in [-0.25, -0.2) is 0 Å². The lowest BCUT2D eigenvalue weighted by molar-refractivity contribution is -0.120. The Morgan fingerprint density at radius 2 is 1.50 bits per heavy atom. The number of carbonyl (C=O) groups is 2. The highest BCUT2D eigenvalue weighted by Gasteiger charge is 2.21. The third-order valence-corrected chi connectivity index (χ3v) is 3.71. The van der Waals surface area contributed by atoms with Crippen LogP contribution in [0.2, 0.25) is 0 Å². The van der Waals surface area contributed by atoms with Crippen molar-refractivity contribution in [3.63, 3.8) is 0 Å². The van der Waals surface area contributed by atoms with Crippen LogP contribution >= 0.6 is 0 Å². The maximum Gasteiger partial charge on any atom is 0.268 e. The van der Waals surface area contributed by atoms with E-state index in [0.29, 0.717) is 11.3 Å². The molecule has 0 aliphatic carbocycles. The number of amides is 2. The molecule has 0 bridgehead atoms. The molecular formula is C19H17N3O2. The molecule has 5 heteroatoms. The van der Waals surface area contributed by atoms with E-state index in [4.69, 9.17) is 5.73 Å². The van der Waals surface area contributed by atoms with Crippen LogP contribution in [0.15, 0.2) is 72.8 Å². The lowest BCUT2D eigenvalue weighted by atomic mass is 10.1. The molecule has 0 saturated heterocycles. The second-order valence-corrected chi connectivity index (χ2v) is 5.37. The lowest BCUT2D eigenvalue weighted by Gasteiger charge is -2.15. The van der Waals surface area contributed by atoms with Crippen LogP contribution in [0.5, 0.6) is 0 Å². The highest BCUT2D eigenvalue weighted by atomic mass is 16.2. The molecule has 3 rings (SSSR count). The summed E-state index contributed by atoms with van der Waals surface area (Å²) in [5.74, 6) is -0.991. The van der Waals surface area contributed by atoms with Crippen molar-refractivity contribution in [2.24, 2.45) is 5.73 Å². The predicted octanol–water partition coefficient (Wildman–Crippen LogP) is 2.64. The van der Waals surface area contributed by atoms with Gasteiger partial charge in [-0.3, -0.25) is 9.59 Å². The predicted molar refractivity (Wildman–Crippen MR) is 92.1 cm³/mol. The largest absolute Gasteiger partial charge is 0.368 e. The van der Waals surface area contributed by atoms with Crippen molar-refractivity contribution in [1.29, 1.82) is 0 Å². The Hall–Kier alpha value is -3.34. The summed E-state index contributed by atoms with van der Waals surface area (Å²) in [5, 5.41) is 2.67. The molecule has 0 radical (unpaired) electrons. The normalized spacial score (nSPS) is 11.7. The molecule has 1 heterocycles. The molecule has 5 nitrogen and oxygen atoms in total. The summed E-state index contributed by atoms with van der Waals surface area (Å²) in [7, 11) is 0. The van der Waals surface area contributed by atoms with Crippen molar-refractivity contribution in [2.75, 3.05) is 0 Å². The minimum Gasteiger partial charge on any atom is -0.368 e. The van der Waals surface area contributed by atoms with E-state index in [1.807, 2.05) is 42.5 Å². The highest BCUT2D eigenvalue weighted by molar-refractivity contribution is 5.97. The SMILES string of the molecule is NC(=O)[C@H](NC(=O)c1ccc(-c2ccccc2)[nH]1)c1ccccc1. The maximum atomic E-state index is 12.4. The van der Waals surface area contributed by atoms with E-state index < -0.39 is 11.9 Å². The van der Waals surface area contributed by atoms with E-state index >= 15 is 0 Å². The third kappa shape index (κ3) is 3.35. The van der Waals surface area contributed by atoms with Gasteiger partial charge in [0.1, 0.15) is 11.7 Å². The average molecular weight is 319 g/mol. The summed E-state index contributed by atoms with van der Waals surface area (Å²) < 4.78 is 0. The van der Waals surface area contributed by atoms with Gasteiger partial charge in [-0.1, -0.05) is 60.7 Å². The van der Waals surface area contributed by atoms with E-state index in [9.17, 15) is 9.59 Å². The van der Waals surface area contributed by atoms with E-state index in [1.165, 1.54) is 0 Å². The fourth-order valence-corrected chi connectivity index (χ4v) is 2.49. The van der Waals surface area contributed by atoms with Gasteiger partial charge in [-0.2, -0.15) is 0 Å². The number of carbonyl (C=O) groups excluding carboxylic acids is 2. The summed E-state index contributed by atoms with van der Waals surface area (Å²) in [6.45, 7) is 0. The number of H-pyrrole nitrogens is 1. The number of primary amides is 1. The molecule has 0 saturated carbocycles. The number of rotatable bonds is 5. The van der Waals surface area contributed by atoms with Gasteiger partial charge in [0, 0.05) is 5.69 Å². The standard InChI is InChI=1S/C19H17N3O2/c20-18(23)17(14-9-5-2-6-10-14)22-19(24)16-12-11-15(21-16)13-7-3-1-4-8-13/h1-12,17,21H,(H2,20,23)(H,22,24)/t17-/m1/s1. The fourth-order valence-electron chi connectivity index (χ4n) is 2.49. The molecule has 1 atom stereocenters. The van der Waals surface area contributed by atoms with Gasteiger partial charge in [0.2, 0.25) is 5.91 Å². The molecule has 120 valence electrons. The van der Waals surface area contributed by atoms with Gasteiger partial charge in [0.25, 0.3) is 5.91 Å². The van der Waals surface area contributed by atoms with Gasteiger partial charge in [0.15, 0.2) is 0 Å². The number of nitrogens with two attached hydrogens (primary N) is 1. The van der Waals surface area contributed by atoms with Gasteiger partial charge in [-0.05, 0) is 23.3 Å². The second-order valence-electron chi connectivity index (χ2n) is 5.37. The average Bonchev–Trinajstić information content (AvgIpc) is 3.11. The molecule has 0 aliphatic rings. The van der Waals surface area contributed by atoms with Crippen molar-refractivity contribution in [3.8, 4) is 11.3 Å². The Balaban J connectivity index is 1.79. The van der Waals surface area contributed by atoms with Crippen molar-refractivity contribution in [3.05, 3.63) is 84.1 Å². The molecule has 2 amide bonds. The van der Waals surface area contributed by atoms with E-state index in [2.05, 4.69) is 10.3 Å². The number of benzene rings is 2. The van der Waals surface area contributed by atoms with Crippen molar-refractivity contribution >= 4 is 11.8 Å². The first kappa shape index (κ1) is 15.6. The summed E-state index contributed by atoms with van der Waals surface area (Å²) in [4.78, 5) is 27.2. The molecule has 0 spiro atoms. The third-order valence-electron chi connectivity index (χ3n) is 3.71. The van der Waals surface area contributed by atoms with E-state index in [1.54, 1.807) is 30.3 Å². The van der Waals surface area contributed by atoms with Crippen molar-refractivity contribution in [1.82, 2.24) is 10.3 Å². The second kappa shape index (κ2) is 6.83. The van der Waals surface area contributed by atoms with Crippen molar-refractivity contribution < 1.29 is 9.59 Å². The maximum absolute atomic E-state index is 12.4. The van der Waals surface area contributed by atoms with Crippen LogP contribution in [-0.4, -0.2) is 16.8 Å². The number of aromatic amines is 1. The Labute approximate surface area is 139 Å². The van der Waals surface area contributed by atoms with Gasteiger partial charge in [0.05, 0.1) is 0 Å². The molecule has 0 aliphatic heterocycles. The molecule has 24 heavy (non-hydrogen) atoms. The van der Waals surface area contributed by atoms with E-state index in [-0.39, 0.29) is 5.91 Å². The zero-order chi connectivity index (χ0) is 16.9. The Kier molecular flexibility index (Phi) is 4.43. The first-order valence-corrected chi connectivity index (χ1v) is 7.54. The van der Waals surface area contributed by atoms with Crippen LogP contribution in [0.3, 0.4) is 0 Å². The summed E-state index contributed by atoms with van der Waals surface area (Å²) in [6, 6.07) is 21.2. The van der Waals surface area contributed by atoms with Crippen LogP contribution in [0.25, 0.3) is 11.3 Å². The summed E-state index contributed by atoms with van der Waals surface area (Å²) in [6.07, 6.45) is 0. The van der Waals surface area contributed by atoms with Gasteiger partial charge < -0.3 is 16.0 Å². The van der Waals surface area contributed by atoms with Crippen molar-refractivity contribution in [2.45, 2.75) is 6.04 Å². The van der Waals surface area contributed by atoms with Crippen LogP contribution in [-0.2, 0) is 4.79 Å². The first-order chi connectivity index (χ1) is 11.6. The summed E-state index contributed by atoms with van der Waals surface area (Å²) in [5.41, 5.74) is 8.25. The fraction of sp³-hybridized carbons (Fsp3) is 0.0526. The smallest absolute Gasteiger partial charge is 0.268 e. The molecule has 1 aromatic heterocycles. The Morgan fingerprint density at radius 3 is 2.12 bits per heavy atom. The minimum atomic E-state index is -0.873. The zero-order valence-electron chi connectivity index (χ0n) is 12.9. The number of aromatic nitrogens is 1. The zero-order valence-corrected chi connectivity index (χ0v) is 12.9. The van der Waals surface area contributed by atoms with Gasteiger partial charge >= 0.3 is 0 Å². The number of hydrogen-bond acceptors (Lipinski definition) is 2. The lowest BCUT2D eigenvalue weighted by Crippen LogP contribution is -2.37. The Bertz CT molecular complexity index is 841. The molecule has 2 aromatic carbocycles. The molecule has 4 N–H and O–H groups in total. The van der Waals surface area contributed by atoms with Crippen LogP contribution in [0.4, 0.5) is 0 Å². The highest BCUT2D eigenvalue weighted by Crippen LogP contribution is 2.19. The molecule has 0 fully saturated rings.